The van der Waals surface area contributed by atoms with E-state index in [2.05, 4.69) is 60.6 Å². The number of rotatable bonds is 12. The summed E-state index contributed by atoms with van der Waals surface area (Å²) in [5.41, 5.74) is 3.53. The van der Waals surface area contributed by atoms with Crippen LogP contribution in [0.5, 0.6) is 17.2 Å². The van der Waals surface area contributed by atoms with E-state index in [-0.39, 0.29) is 0 Å². The van der Waals surface area contributed by atoms with Crippen molar-refractivity contribution < 1.29 is 14.2 Å². The van der Waals surface area contributed by atoms with Crippen LogP contribution in [-0.4, -0.2) is 51.8 Å². The van der Waals surface area contributed by atoms with Crippen LogP contribution in [0.2, 0.25) is 0 Å². The zero-order valence-electron chi connectivity index (χ0n) is 20.3. The average molecular weight is 443 g/mol. The van der Waals surface area contributed by atoms with E-state index in [1.165, 1.54) is 11.1 Å². The van der Waals surface area contributed by atoms with Gasteiger partial charge in [0.05, 0.1) is 27.9 Å². The van der Waals surface area contributed by atoms with E-state index < -0.39 is 0 Å². The third kappa shape index (κ3) is 7.34. The van der Waals surface area contributed by atoms with Crippen molar-refractivity contribution in [2.75, 3.05) is 41.0 Å². The van der Waals surface area contributed by atoms with Crippen LogP contribution in [0.1, 0.15) is 37.5 Å². The second-order valence-corrected chi connectivity index (χ2v) is 7.36. The van der Waals surface area contributed by atoms with Gasteiger partial charge in [-0.15, -0.1) is 0 Å². The first-order chi connectivity index (χ1) is 15.6. The summed E-state index contributed by atoms with van der Waals surface area (Å²) in [6.45, 7) is 11.5. The predicted octanol–water partition coefficient (Wildman–Crippen LogP) is 3.81. The first-order valence-corrected chi connectivity index (χ1v) is 11.2. The highest BCUT2D eigenvalue weighted by atomic mass is 16.5. The molecule has 0 amide bonds. The molecule has 2 aromatic rings. The second-order valence-electron chi connectivity index (χ2n) is 7.36. The van der Waals surface area contributed by atoms with Gasteiger partial charge in [0.2, 0.25) is 5.75 Å². The molecule has 7 heteroatoms. The normalized spacial score (nSPS) is 11.4. The molecule has 0 saturated heterocycles. The number of ether oxygens (including phenoxy) is 3. The summed E-state index contributed by atoms with van der Waals surface area (Å²) in [6.07, 6.45) is 0. The van der Waals surface area contributed by atoms with Gasteiger partial charge in [0.25, 0.3) is 0 Å². The third-order valence-electron chi connectivity index (χ3n) is 5.24. The topological polar surface area (TPSA) is 67.4 Å². The van der Waals surface area contributed by atoms with Crippen molar-refractivity contribution in [2.45, 2.75) is 40.4 Å². The summed E-state index contributed by atoms with van der Waals surface area (Å²) in [5, 5.41) is 6.74. The molecule has 0 aromatic heterocycles. The van der Waals surface area contributed by atoms with Crippen molar-refractivity contribution in [1.82, 2.24) is 15.5 Å². The Hall–Kier alpha value is -2.93. The number of nitrogens with zero attached hydrogens (tertiary/aromatic N) is 2. The Morgan fingerprint density at radius 2 is 1.50 bits per heavy atom. The lowest BCUT2D eigenvalue weighted by Gasteiger charge is -2.18. The van der Waals surface area contributed by atoms with E-state index >= 15 is 0 Å². The molecule has 2 N–H and O–H groups in total. The SMILES string of the molecule is CCNC(=NCc1cc(OC)c(OC)c(OC)c1)NCc1cccc(CN(CC)CC)c1. The van der Waals surface area contributed by atoms with Gasteiger partial charge in [-0.2, -0.15) is 0 Å². The lowest BCUT2D eigenvalue weighted by molar-refractivity contribution is 0.296. The van der Waals surface area contributed by atoms with Gasteiger partial charge in [0, 0.05) is 19.6 Å². The quantitative estimate of drug-likeness (QED) is 0.385. The zero-order chi connectivity index (χ0) is 23.3. The van der Waals surface area contributed by atoms with Crippen LogP contribution in [0.3, 0.4) is 0 Å². The van der Waals surface area contributed by atoms with E-state index in [9.17, 15) is 0 Å². The van der Waals surface area contributed by atoms with Crippen LogP contribution in [0.15, 0.2) is 41.4 Å². The molecule has 7 nitrogen and oxygen atoms in total. The number of aliphatic imine (C=N–C) groups is 1. The van der Waals surface area contributed by atoms with Crippen LogP contribution in [-0.2, 0) is 19.6 Å². The van der Waals surface area contributed by atoms with Gasteiger partial charge in [-0.1, -0.05) is 38.1 Å². The molecule has 0 aliphatic heterocycles. The van der Waals surface area contributed by atoms with Crippen LogP contribution >= 0.6 is 0 Å². The maximum Gasteiger partial charge on any atom is 0.203 e. The van der Waals surface area contributed by atoms with Crippen molar-refractivity contribution in [3.63, 3.8) is 0 Å². The van der Waals surface area contributed by atoms with E-state index in [4.69, 9.17) is 19.2 Å². The molecular formula is C25H38N4O3. The van der Waals surface area contributed by atoms with Gasteiger partial charge in [-0.3, -0.25) is 4.90 Å². The summed E-state index contributed by atoms with van der Waals surface area (Å²) in [6, 6.07) is 12.5. The van der Waals surface area contributed by atoms with Crippen molar-refractivity contribution >= 4 is 5.96 Å². The van der Waals surface area contributed by atoms with Gasteiger partial charge in [0.15, 0.2) is 17.5 Å². The van der Waals surface area contributed by atoms with E-state index in [1.807, 2.05) is 12.1 Å². The fourth-order valence-corrected chi connectivity index (χ4v) is 3.47. The summed E-state index contributed by atoms with van der Waals surface area (Å²) >= 11 is 0. The van der Waals surface area contributed by atoms with E-state index in [0.717, 1.165) is 37.7 Å². The molecule has 0 aliphatic carbocycles. The minimum absolute atomic E-state index is 0.480. The lowest BCUT2D eigenvalue weighted by Crippen LogP contribution is -2.36. The first-order valence-electron chi connectivity index (χ1n) is 11.2. The summed E-state index contributed by atoms with van der Waals surface area (Å²) < 4.78 is 16.3. The smallest absolute Gasteiger partial charge is 0.203 e. The monoisotopic (exact) mass is 442 g/mol. The first kappa shape index (κ1) is 25.3. The summed E-state index contributed by atoms with van der Waals surface area (Å²) in [7, 11) is 4.83. The second kappa shape index (κ2) is 13.5. The van der Waals surface area contributed by atoms with Crippen LogP contribution in [0.4, 0.5) is 0 Å². The molecular weight excluding hydrogens is 404 g/mol. The van der Waals surface area contributed by atoms with E-state index in [1.54, 1.807) is 21.3 Å². The maximum absolute atomic E-state index is 5.45. The van der Waals surface area contributed by atoms with Gasteiger partial charge in [-0.05, 0) is 48.8 Å². The minimum Gasteiger partial charge on any atom is -0.493 e. The van der Waals surface area contributed by atoms with E-state index in [0.29, 0.717) is 30.3 Å². The molecule has 0 aliphatic rings. The number of hydrogen-bond donors (Lipinski definition) is 2. The minimum atomic E-state index is 0.480. The van der Waals surface area contributed by atoms with Gasteiger partial charge < -0.3 is 24.8 Å². The Kier molecular flexibility index (Phi) is 10.7. The Balaban J connectivity index is 2.10. The Morgan fingerprint density at radius 1 is 0.844 bits per heavy atom. The molecule has 32 heavy (non-hydrogen) atoms. The molecule has 2 rings (SSSR count). The van der Waals surface area contributed by atoms with Crippen LogP contribution in [0, 0.1) is 0 Å². The van der Waals surface area contributed by atoms with Gasteiger partial charge in [-0.25, -0.2) is 4.99 Å². The van der Waals surface area contributed by atoms with Crippen molar-refractivity contribution in [1.29, 1.82) is 0 Å². The molecule has 2 aromatic carbocycles. The number of guanidine groups is 1. The standard InChI is InChI=1S/C25H38N4O3/c1-7-26-25(27-16-19-11-10-12-20(13-19)18-29(8-2)9-3)28-17-21-14-22(30-4)24(32-6)23(15-21)31-5/h10-15H,7-9,16-18H2,1-6H3,(H2,26,27,28). The fraction of sp³-hybridized carbons (Fsp3) is 0.480. The van der Waals surface area contributed by atoms with Gasteiger partial charge >= 0.3 is 0 Å². The molecule has 0 radical (unpaired) electrons. The van der Waals surface area contributed by atoms with Crippen LogP contribution < -0.4 is 24.8 Å². The molecule has 0 fully saturated rings. The molecule has 176 valence electrons. The summed E-state index contributed by atoms with van der Waals surface area (Å²) in [4.78, 5) is 7.15. The lowest BCUT2D eigenvalue weighted by atomic mass is 10.1. The zero-order valence-corrected chi connectivity index (χ0v) is 20.3. The largest absolute Gasteiger partial charge is 0.493 e. The van der Waals surface area contributed by atoms with Crippen LogP contribution in [0.25, 0.3) is 0 Å². The third-order valence-corrected chi connectivity index (χ3v) is 5.24. The molecule has 0 unspecified atom stereocenters. The highest BCUT2D eigenvalue weighted by Crippen LogP contribution is 2.38. The number of methoxy groups -OCH3 is 3. The maximum atomic E-state index is 5.45. The molecule has 0 bridgehead atoms. The molecule has 0 spiro atoms. The average Bonchev–Trinajstić information content (AvgIpc) is 2.83. The number of benzene rings is 2. The number of hydrogen-bond acceptors (Lipinski definition) is 5. The van der Waals surface area contributed by atoms with Crippen molar-refractivity contribution in [2.24, 2.45) is 4.99 Å². The predicted molar refractivity (Wildman–Crippen MR) is 131 cm³/mol. The summed E-state index contributed by atoms with van der Waals surface area (Å²) in [5.74, 6) is 2.59. The molecule has 0 atom stereocenters. The van der Waals surface area contributed by atoms with Crippen molar-refractivity contribution in [3.05, 3.63) is 53.1 Å². The highest BCUT2D eigenvalue weighted by Gasteiger charge is 2.13. The molecule has 0 heterocycles. The Bertz CT molecular complexity index is 841. The fourth-order valence-electron chi connectivity index (χ4n) is 3.47. The van der Waals surface area contributed by atoms with Crippen molar-refractivity contribution in [3.8, 4) is 17.2 Å². The molecule has 0 saturated carbocycles. The van der Waals surface area contributed by atoms with Gasteiger partial charge in [0.1, 0.15) is 0 Å². The Morgan fingerprint density at radius 3 is 2.06 bits per heavy atom. The Labute approximate surface area is 192 Å². The highest BCUT2D eigenvalue weighted by molar-refractivity contribution is 5.79. The number of nitrogens with one attached hydrogen (secondary N) is 2.